The minimum atomic E-state index is -0.484. The van der Waals surface area contributed by atoms with Crippen LogP contribution in [0.2, 0.25) is 0 Å². The summed E-state index contributed by atoms with van der Waals surface area (Å²) in [5.74, 6) is 0.437. The first-order valence-electron chi connectivity index (χ1n) is 8.51. The molecule has 2 aromatic rings. The van der Waals surface area contributed by atoms with Gasteiger partial charge in [0.1, 0.15) is 24.7 Å². The van der Waals surface area contributed by atoms with Crippen LogP contribution in [0.3, 0.4) is 0 Å². The second kappa shape index (κ2) is 9.63. The molecule has 0 spiro atoms. The molecule has 0 radical (unpaired) electrons. The van der Waals surface area contributed by atoms with Crippen LogP contribution in [0, 0.1) is 6.92 Å². The average molecular weight is 356 g/mol. The molecule has 0 unspecified atom stereocenters. The number of phenolic OH excluding ortho intramolecular Hbond substituents is 1. The summed E-state index contributed by atoms with van der Waals surface area (Å²) in [6.45, 7) is 5.75. The number of ether oxygens (including phenoxy) is 2. The maximum Gasteiger partial charge on any atom is 0.330 e. The predicted octanol–water partition coefficient (Wildman–Crippen LogP) is 3.40. The Morgan fingerprint density at radius 3 is 2.69 bits per heavy atom. The molecule has 0 saturated carbocycles. The van der Waals surface area contributed by atoms with Gasteiger partial charge in [0.2, 0.25) is 0 Å². The second-order valence-corrected chi connectivity index (χ2v) is 5.87. The topological polar surface area (TPSA) is 76.0 Å². The summed E-state index contributed by atoms with van der Waals surface area (Å²) in [5, 5.41) is 18.7. The van der Waals surface area contributed by atoms with E-state index in [1.807, 2.05) is 31.2 Å². The van der Waals surface area contributed by atoms with Crippen LogP contribution in [0.5, 0.6) is 11.5 Å². The van der Waals surface area contributed by atoms with E-state index in [9.17, 15) is 9.90 Å². The van der Waals surface area contributed by atoms with Gasteiger partial charge < -0.3 is 19.7 Å². The molecule has 0 bridgehead atoms. The normalized spacial score (nSPS) is 10.4. The molecular formula is C21H24O5. The monoisotopic (exact) mass is 356 g/mol. The first kappa shape index (κ1) is 19.5. The van der Waals surface area contributed by atoms with E-state index in [2.05, 4.69) is 6.58 Å². The van der Waals surface area contributed by atoms with Crippen molar-refractivity contribution >= 4 is 5.97 Å². The molecule has 5 nitrogen and oxygen atoms in total. The third kappa shape index (κ3) is 5.36. The summed E-state index contributed by atoms with van der Waals surface area (Å²) >= 11 is 0. The third-order valence-corrected chi connectivity index (χ3v) is 3.94. The lowest BCUT2D eigenvalue weighted by atomic mass is 9.97. The summed E-state index contributed by atoms with van der Waals surface area (Å²) in [5.41, 5.74) is 3.90. The van der Waals surface area contributed by atoms with Gasteiger partial charge in [-0.3, -0.25) is 0 Å². The maximum atomic E-state index is 11.1. The molecular weight excluding hydrogens is 332 g/mol. The van der Waals surface area contributed by atoms with Crippen LogP contribution in [0.25, 0.3) is 11.1 Å². The molecule has 26 heavy (non-hydrogen) atoms. The molecule has 0 aliphatic heterocycles. The number of carbonyl (C=O) groups is 1. The van der Waals surface area contributed by atoms with Crippen molar-refractivity contribution in [3.63, 3.8) is 0 Å². The number of hydrogen-bond acceptors (Lipinski definition) is 5. The van der Waals surface area contributed by atoms with Crippen molar-refractivity contribution in [2.45, 2.75) is 19.8 Å². The van der Waals surface area contributed by atoms with E-state index in [0.717, 1.165) is 28.3 Å². The van der Waals surface area contributed by atoms with Gasteiger partial charge in [-0.05, 0) is 60.2 Å². The Morgan fingerprint density at radius 2 is 2.00 bits per heavy atom. The van der Waals surface area contributed by atoms with Gasteiger partial charge in [-0.2, -0.15) is 0 Å². The smallest absolute Gasteiger partial charge is 0.330 e. The molecule has 2 rings (SSSR count). The number of rotatable bonds is 9. The Kier molecular flexibility index (Phi) is 7.24. The fourth-order valence-electron chi connectivity index (χ4n) is 2.66. The fraction of sp³-hybridized carbons (Fsp3) is 0.286. The summed E-state index contributed by atoms with van der Waals surface area (Å²) in [4.78, 5) is 11.1. The first-order valence-corrected chi connectivity index (χ1v) is 8.51. The first-order chi connectivity index (χ1) is 12.5. The molecule has 0 aliphatic rings. The van der Waals surface area contributed by atoms with Crippen LogP contribution < -0.4 is 4.74 Å². The third-order valence-electron chi connectivity index (χ3n) is 3.94. The van der Waals surface area contributed by atoms with Crippen LogP contribution in [0.1, 0.15) is 17.5 Å². The molecule has 0 heterocycles. The Bertz CT molecular complexity index is 767. The Morgan fingerprint density at radius 1 is 1.19 bits per heavy atom. The number of benzene rings is 2. The Labute approximate surface area is 153 Å². The molecule has 0 saturated heterocycles. The van der Waals surface area contributed by atoms with E-state index in [4.69, 9.17) is 14.6 Å². The number of esters is 1. The molecule has 0 atom stereocenters. The molecule has 0 aromatic heterocycles. The van der Waals surface area contributed by atoms with Gasteiger partial charge in [-0.1, -0.05) is 24.8 Å². The minimum Gasteiger partial charge on any atom is -0.508 e. The number of aliphatic hydroxyl groups is 1. The second-order valence-electron chi connectivity index (χ2n) is 5.87. The summed E-state index contributed by atoms with van der Waals surface area (Å²) in [7, 11) is 0. The molecule has 138 valence electrons. The van der Waals surface area contributed by atoms with E-state index in [0.29, 0.717) is 18.6 Å². The van der Waals surface area contributed by atoms with Crippen LogP contribution in [0.4, 0.5) is 0 Å². The minimum absolute atomic E-state index is 0.106. The van der Waals surface area contributed by atoms with E-state index in [1.165, 1.54) is 0 Å². The number of hydrogen-bond donors (Lipinski definition) is 2. The van der Waals surface area contributed by atoms with Crippen molar-refractivity contribution in [3.05, 3.63) is 60.2 Å². The average Bonchev–Trinajstić information content (AvgIpc) is 2.63. The number of aryl methyl sites for hydroxylation is 2. The molecule has 5 heteroatoms. The lowest BCUT2D eigenvalue weighted by Gasteiger charge is -2.14. The zero-order chi connectivity index (χ0) is 18.9. The van der Waals surface area contributed by atoms with Gasteiger partial charge in [-0.25, -0.2) is 4.79 Å². The fourth-order valence-corrected chi connectivity index (χ4v) is 2.66. The maximum absolute atomic E-state index is 11.1. The van der Waals surface area contributed by atoms with Gasteiger partial charge in [0, 0.05) is 12.7 Å². The zero-order valence-corrected chi connectivity index (χ0v) is 14.9. The van der Waals surface area contributed by atoms with E-state index >= 15 is 0 Å². The molecule has 0 aliphatic carbocycles. The van der Waals surface area contributed by atoms with Gasteiger partial charge in [0.05, 0.1) is 0 Å². The molecule has 0 amide bonds. The largest absolute Gasteiger partial charge is 0.508 e. The number of phenols is 1. The number of carbonyl (C=O) groups excluding carboxylic acids is 1. The van der Waals surface area contributed by atoms with E-state index in [1.54, 1.807) is 12.1 Å². The highest BCUT2D eigenvalue weighted by atomic mass is 16.6. The van der Waals surface area contributed by atoms with Gasteiger partial charge in [0.15, 0.2) is 0 Å². The summed E-state index contributed by atoms with van der Waals surface area (Å²) in [6, 6.07) is 11.1. The number of aromatic hydroxyl groups is 1. The lowest BCUT2D eigenvalue weighted by Crippen LogP contribution is -2.11. The van der Waals surface area contributed by atoms with Crippen molar-refractivity contribution in [2.75, 3.05) is 19.8 Å². The Balaban J connectivity index is 2.20. The highest BCUT2D eigenvalue weighted by Gasteiger charge is 2.09. The van der Waals surface area contributed by atoms with Crippen molar-refractivity contribution < 1.29 is 24.5 Å². The molecule has 2 aromatic carbocycles. The van der Waals surface area contributed by atoms with Crippen LogP contribution in [-0.2, 0) is 16.0 Å². The molecule has 2 N–H and O–H groups in total. The van der Waals surface area contributed by atoms with E-state index in [-0.39, 0.29) is 25.6 Å². The highest BCUT2D eigenvalue weighted by molar-refractivity contribution is 5.81. The highest BCUT2D eigenvalue weighted by Crippen LogP contribution is 2.31. The van der Waals surface area contributed by atoms with Gasteiger partial charge >= 0.3 is 5.97 Å². The Hall–Kier alpha value is -2.79. The quantitative estimate of drug-likeness (QED) is 0.409. The van der Waals surface area contributed by atoms with Crippen molar-refractivity contribution in [3.8, 4) is 22.6 Å². The summed E-state index contributed by atoms with van der Waals surface area (Å²) < 4.78 is 10.7. The van der Waals surface area contributed by atoms with Crippen LogP contribution in [0.15, 0.2) is 49.1 Å². The SMILES string of the molecule is C=CC(=O)OCCOc1cc(-c2ccc(O)cc2C)ccc1CCCO. The standard InChI is InChI=1S/C21H24O5/c1-3-21(24)26-12-11-25-20-14-17(7-6-16(20)5-4-10-22)19-9-8-18(23)13-15(19)2/h3,6-9,13-14,22-23H,1,4-5,10-12H2,2H3. The van der Waals surface area contributed by atoms with Crippen molar-refractivity contribution in [2.24, 2.45) is 0 Å². The van der Waals surface area contributed by atoms with E-state index < -0.39 is 5.97 Å². The van der Waals surface area contributed by atoms with Crippen molar-refractivity contribution in [1.29, 1.82) is 0 Å². The summed E-state index contributed by atoms with van der Waals surface area (Å²) in [6.07, 6.45) is 2.44. The van der Waals surface area contributed by atoms with Crippen LogP contribution in [-0.4, -0.2) is 36.0 Å². The predicted molar refractivity (Wildman–Crippen MR) is 100 cm³/mol. The number of aliphatic hydroxyl groups excluding tert-OH is 1. The van der Waals surface area contributed by atoms with Crippen LogP contribution >= 0.6 is 0 Å². The van der Waals surface area contributed by atoms with Gasteiger partial charge in [-0.15, -0.1) is 0 Å². The zero-order valence-electron chi connectivity index (χ0n) is 14.9. The van der Waals surface area contributed by atoms with Gasteiger partial charge in [0.25, 0.3) is 0 Å². The lowest BCUT2D eigenvalue weighted by molar-refractivity contribution is -0.138. The molecule has 0 fully saturated rings. The van der Waals surface area contributed by atoms with Crippen molar-refractivity contribution in [1.82, 2.24) is 0 Å².